The molecule has 1 aromatic heterocycles. The Labute approximate surface area is 194 Å². The Bertz CT molecular complexity index is 1520. The van der Waals surface area contributed by atoms with E-state index in [9.17, 15) is 4.79 Å². The Kier molecular flexibility index (Phi) is 5.22. The lowest BCUT2D eigenvalue weighted by Gasteiger charge is -2.13. The van der Waals surface area contributed by atoms with Crippen LogP contribution in [0.3, 0.4) is 0 Å². The van der Waals surface area contributed by atoms with E-state index in [1.807, 2.05) is 36.4 Å². The van der Waals surface area contributed by atoms with E-state index in [0.29, 0.717) is 16.7 Å². The zero-order valence-electron chi connectivity index (χ0n) is 19.4. The predicted octanol–water partition coefficient (Wildman–Crippen LogP) is 8.03. The highest BCUT2D eigenvalue weighted by Crippen LogP contribution is 2.35. The molecule has 0 atom stereocenters. The first kappa shape index (κ1) is 21.0. The van der Waals surface area contributed by atoms with Crippen molar-refractivity contribution in [2.75, 3.05) is 0 Å². The fraction of sp³-hybridized carbons (Fsp3) is 0.129. The van der Waals surface area contributed by atoms with Crippen molar-refractivity contribution in [3.05, 3.63) is 117 Å². The molecule has 0 spiro atoms. The summed E-state index contributed by atoms with van der Waals surface area (Å²) in [6.45, 7) is 8.39. The molecule has 0 bridgehead atoms. The summed E-state index contributed by atoms with van der Waals surface area (Å²) >= 11 is 0. The summed E-state index contributed by atoms with van der Waals surface area (Å²) < 4.78 is 6.37. The monoisotopic (exact) mass is 430 g/mol. The largest absolute Gasteiger partial charge is 0.456 e. The molecule has 0 saturated heterocycles. The smallest absolute Gasteiger partial charge is 0.193 e. The Balaban J connectivity index is 1.86. The Morgan fingerprint density at radius 3 is 1.70 bits per heavy atom. The van der Waals surface area contributed by atoms with Crippen molar-refractivity contribution < 1.29 is 4.42 Å². The van der Waals surface area contributed by atoms with Crippen LogP contribution in [0.2, 0.25) is 0 Å². The van der Waals surface area contributed by atoms with E-state index in [0.717, 1.165) is 27.8 Å². The van der Waals surface area contributed by atoms with E-state index in [1.54, 1.807) is 6.07 Å². The Morgan fingerprint density at radius 1 is 0.545 bits per heavy atom. The number of benzene rings is 4. The van der Waals surface area contributed by atoms with Crippen LogP contribution in [0.25, 0.3) is 44.5 Å². The molecule has 0 unspecified atom stereocenters. The van der Waals surface area contributed by atoms with Crippen molar-refractivity contribution in [2.45, 2.75) is 27.7 Å². The van der Waals surface area contributed by atoms with Crippen molar-refractivity contribution in [3.63, 3.8) is 0 Å². The molecule has 0 radical (unpaired) electrons. The summed E-state index contributed by atoms with van der Waals surface area (Å²) in [4.78, 5) is 13.4. The SMILES string of the molecule is Cc1cc(C)cc(-c2cc(-c3cc(C)cc(C)c3)c3c(=O)cc(-c4ccccc4)oc3c2)c1. The second kappa shape index (κ2) is 8.22. The quantitative estimate of drug-likeness (QED) is 0.290. The average Bonchev–Trinajstić information content (AvgIpc) is 2.77. The molecule has 0 fully saturated rings. The van der Waals surface area contributed by atoms with Crippen LogP contribution in [0.15, 0.2) is 94.1 Å². The average molecular weight is 431 g/mol. The number of fused-ring (bicyclic) bond motifs is 1. The van der Waals surface area contributed by atoms with Gasteiger partial charge in [0.15, 0.2) is 5.43 Å². The molecule has 0 saturated carbocycles. The van der Waals surface area contributed by atoms with Gasteiger partial charge < -0.3 is 4.42 Å². The molecule has 162 valence electrons. The summed E-state index contributed by atoms with van der Waals surface area (Å²) in [5.41, 5.74) is 10.3. The van der Waals surface area contributed by atoms with Crippen molar-refractivity contribution in [1.82, 2.24) is 0 Å². The zero-order chi connectivity index (χ0) is 23.1. The van der Waals surface area contributed by atoms with E-state index in [1.165, 1.54) is 22.3 Å². The van der Waals surface area contributed by atoms with E-state index in [4.69, 9.17) is 4.42 Å². The maximum atomic E-state index is 13.4. The molecule has 2 nitrogen and oxygen atoms in total. The zero-order valence-corrected chi connectivity index (χ0v) is 19.4. The number of hydrogen-bond acceptors (Lipinski definition) is 2. The van der Waals surface area contributed by atoms with E-state index < -0.39 is 0 Å². The first-order valence-corrected chi connectivity index (χ1v) is 11.2. The molecule has 0 aliphatic rings. The van der Waals surface area contributed by atoms with Gasteiger partial charge in [0, 0.05) is 11.6 Å². The van der Waals surface area contributed by atoms with E-state index in [2.05, 4.69) is 70.2 Å². The first-order valence-electron chi connectivity index (χ1n) is 11.2. The molecule has 0 aliphatic carbocycles. The molecule has 2 heteroatoms. The maximum Gasteiger partial charge on any atom is 0.193 e. The fourth-order valence-electron chi connectivity index (χ4n) is 4.70. The lowest BCUT2D eigenvalue weighted by Crippen LogP contribution is -2.03. The third-order valence-electron chi connectivity index (χ3n) is 5.98. The van der Waals surface area contributed by atoms with Crippen LogP contribution in [0, 0.1) is 27.7 Å². The van der Waals surface area contributed by atoms with Gasteiger partial charge in [-0.2, -0.15) is 0 Å². The summed E-state index contributed by atoms with van der Waals surface area (Å²) in [5, 5.41) is 0.618. The minimum Gasteiger partial charge on any atom is -0.456 e. The molecule has 33 heavy (non-hydrogen) atoms. The predicted molar refractivity (Wildman–Crippen MR) is 138 cm³/mol. The lowest BCUT2D eigenvalue weighted by atomic mass is 9.92. The molecule has 5 aromatic rings. The molecule has 4 aromatic carbocycles. The van der Waals surface area contributed by atoms with Crippen LogP contribution in [0.5, 0.6) is 0 Å². The van der Waals surface area contributed by atoms with Gasteiger partial charge in [0.25, 0.3) is 0 Å². The maximum absolute atomic E-state index is 13.4. The molecule has 5 rings (SSSR count). The highest BCUT2D eigenvalue weighted by atomic mass is 16.3. The van der Waals surface area contributed by atoms with Crippen LogP contribution in [0.4, 0.5) is 0 Å². The van der Waals surface area contributed by atoms with Crippen LogP contribution in [-0.4, -0.2) is 0 Å². The number of rotatable bonds is 3. The third-order valence-corrected chi connectivity index (χ3v) is 5.98. The van der Waals surface area contributed by atoms with Crippen molar-refractivity contribution in [3.8, 4) is 33.6 Å². The van der Waals surface area contributed by atoms with Crippen LogP contribution >= 0.6 is 0 Å². The van der Waals surface area contributed by atoms with Gasteiger partial charge in [0.05, 0.1) is 5.39 Å². The van der Waals surface area contributed by atoms with Gasteiger partial charge >= 0.3 is 0 Å². The van der Waals surface area contributed by atoms with E-state index in [-0.39, 0.29) is 5.43 Å². The normalized spacial score (nSPS) is 11.2. The first-order chi connectivity index (χ1) is 15.9. The topological polar surface area (TPSA) is 30.2 Å². The van der Waals surface area contributed by atoms with Gasteiger partial charge in [-0.15, -0.1) is 0 Å². The Morgan fingerprint density at radius 2 is 1.09 bits per heavy atom. The summed E-state index contributed by atoms with van der Waals surface area (Å²) in [5.74, 6) is 0.581. The fourth-order valence-corrected chi connectivity index (χ4v) is 4.70. The summed E-state index contributed by atoms with van der Waals surface area (Å²) in [7, 11) is 0. The third kappa shape index (κ3) is 4.12. The minimum atomic E-state index is -0.0313. The van der Waals surface area contributed by atoms with Gasteiger partial charge in [0.1, 0.15) is 11.3 Å². The highest BCUT2D eigenvalue weighted by Gasteiger charge is 2.16. The lowest BCUT2D eigenvalue weighted by molar-refractivity contribution is 0.619. The van der Waals surface area contributed by atoms with Gasteiger partial charge in [0.2, 0.25) is 0 Å². The Hall–Kier alpha value is -3.91. The highest BCUT2D eigenvalue weighted by molar-refractivity contribution is 5.98. The molecule has 0 aliphatic heterocycles. The standard InChI is InChI=1S/C31H26O2/c1-19-10-20(2)13-24(12-19)25-16-27(26-14-21(3)11-22(4)15-26)31-28(32)18-29(33-30(31)17-25)23-8-6-5-7-9-23/h5-18H,1-4H3. The van der Waals surface area contributed by atoms with Crippen molar-refractivity contribution in [1.29, 1.82) is 0 Å². The van der Waals surface area contributed by atoms with Crippen molar-refractivity contribution >= 4 is 11.0 Å². The molecule has 0 amide bonds. The van der Waals surface area contributed by atoms with Gasteiger partial charge in [-0.25, -0.2) is 0 Å². The van der Waals surface area contributed by atoms with Gasteiger partial charge in [-0.05, 0) is 62.1 Å². The van der Waals surface area contributed by atoms with E-state index >= 15 is 0 Å². The number of hydrogen-bond donors (Lipinski definition) is 0. The minimum absolute atomic E-state index is 0.0313. The number of aryl methyl sites for hydroxylation is 4. The van der Waals surface area contributed by atoms with Gasteiger partial charge in [-0.3, -0.25) is 4.79 Å². The van der Waals surface area contributed by atoms with Crippen LogP contribution in [-0.2, 0) is 0 Å². The second-order valence-electron chi connectivity index (χ2n) is 8.99. The van der Waals surface area contributed by atoms with Crippen molar-refractivity contribution in [2.24, 2.45) is 0 Å². The second-order valence-corrected chi connectivity index (χ2v) is 8.99. The summed E-state index contributed by atoms with van der Waals surface area (Å²) in [6.07, 6.45) is 0. The van der Waals surface area contributed by atoms with Gasteiger partial charge in [-0.1, -0.05) is 89.0 Å². The molecular weight excluding hydrogens is 404 g/mol. The molecule has 1 heterocycles. The van der Waals surface area contributed by atoms with Crippen LogP contribution < -0.4 is 5.43 Å². The molecular formula is C31H26O2. The summed E-state index contributed by atoms with van der Waals surface area (Å²) in [6, 6.07) is 28.5. The van der Waals surface area contributed by atoms with Crippen LogP contribution in [0.1, 0.15) is 22.3 Å². The molecule has 0 N–H and O–H groups in total.